The molecule has 1 N–H and O–H groups in total. The van der Waals surface area contributed by atoms with Gasteiger partial charge in [-0.15, -0.1) is 12.4 Å². The van der Waals surface area contributed by atoms with Gasteiger partial charge in [0.25, 0.3) is 0 Å². The molecule has 1 amide bonds. The maximum Gasteiger partial charge on any atom is 0.248 e. The summed E-state index contributed by atoms with van der Waals surface area (Å²) in [6, 6.07) is 0. The summed E-state index contributed by atoms with van der Waals surface area (Å²) in [6.45, 7) is 4.44. The van der Waals surface area contributed by atoms with E-state index >= 15 is 0 Å². The number of halogens is 1. The highest BCUT2D eigenvalue weighted by Crippen LogP contribution is 2.27. The molecule has 0 aromatic heterocycles. The zero-order valence-corrected chi connectivity index (χ0v) is 13.7. The second-order valence-electron chi connectivity index (χ2n) is 6.71. The number of ether oxygens (including phenoxy) is 1. The van der Waals surface area contributed by atoms with Gasteiger partial charge < -0.3 is 15.0 Å². The van der Waals surface area contributed by atoms with E-state index in [1.807, 2.05) is 4.90 Å². The molecule has 2 aliphatic heterocycles. The topological polar surface area (TPSA) is 41.6 Å². The van der Waals surface area contributed by atoms with E-state index in [4.69, 9.17) is 4.74 Å². The summed E-state index contributed by atoms with van der Waals surface area (Å²) in [7, 11) is 0. The van der Waals surface area contributed by atoms with Gasteiger partial charge in [-0.3, -0.25) is 4.79 Å². The average Bonchev–Trinajstić information content (AvgIpc) is 2.84. The molecule has 5 heteroatoms. The first kappa shape index (κ1) is 17.0. The van der Waals surface area contributed by atoms with Crippen LogP contribution in [0.4, 0.5) is 0 Å². The standard InChI is InChI=1S/C16H28N2O2.ClH/c19-16(12-20-15-4-2-1-3-5-15)18-8-6-13-10-17-11-14(13)7-9-18;/h13-15,17H,1-12H2;1H/t13-,14+;. The molecule has 0 spiro atoms. The Kier molecular flexibility index (Phi) is 6.77. The maximum absolute atomic E-state index is 12.3. The third-order valence-electron chi connectivity index (χ3n) is 5.37. The lowest BCUT2D eigenvalue weighted by Gasteiger charge is -2.25. The Labute approximate surface area is 134 Å². The molecule has 0 radical (unpaired) electrons. The van der Waals surface area contributed by atoms with Crippen molar-refractivity contribution in [3.05, 3.63) is 0 Å². The van der Waals surface area contributed by atoms with Crippen LogP contribution in [0.2, 0.25) is 0 Å². The number of carbonyl (C=O) groups is 1. The number of likely N-dealkylation sites (tertiary alicyclic amines) is 1. The first-order valence-electron chi connectivity index (χ1n) is 8.43. The van der Waals surface area contributed by atoms with Gasteiger partial charge in [-0.05, 0) is 50.6 Å². The second kappa shape index (κ2) is 8.35. The fourth-order valence-corrected chi connectivity index (χ4v) is 3.98. The minimum Gasteiger partial charge on any atom is -0.368 e. The van der Waals surface area contributed by atoms with Gasteiger partial charge in [-0.2, -0.15) is 0 Å². The molecule has 122 valence electrons. The fourth-order valence-electron chi connectivity index (χ4n) is 3.98. The van der Waals surface area contributed by atoms with Crippen molar-refractivity contribution in [2.45, 2.75) is 51.0 Å². The van der Waals surface area contributed by atoms with Crippen LogP contribution in [0.3, 0.4) is 0 Å². The molecule has 0 bridgehead atoms. The molecule has 2 atom stereocenters. The SMILES string of the molecule is Cl.O=C(COC1CCCCC1)N1CC[C@@H]2CNC[C@@H]2CC1. The van der Waals surface area contributed by atoms with Crippen LogP contribution < -0.4 is 5.32 Å². The van der Waals surface area contributed by atoms with Gasteiger partial charge in [0.1, 0.15) is 6.61 Å². The van der Waals surface area contributed by atoms with Crippen molar-refractivity contribution in [2.75, 3.05) is 32.8 Å². The third-order valence-corrected chi connectivity index (χ3v) is 5.37. The van der Waals surface area contributed by atoms with Crippen LogP contribution in [0, 0.1) is 11.8 Å². The molecule has 3 rings (SSSR count). The third kappa shape index (κ3) is 4.57. The monoisotopic (exact) mass is 316 g/mol. The van der Waals surface area contributed by atoms with Crippen molar-refractivity contribution in [1.29, 1.82) is 0 Å². The summed E-state index contributed by atoms with van der Waals surface area (Å²) in [4.78, 5) is 14.3. The highest BCUT2D eigenvalue weighted by molar-refractivity contribution is 5.85. The number of nitrogens with zero attached hydrogens (tertiary/aromatic N) is 1. The van der Waals surface area contributed by atoms with Crippen LogP contribution in [0.25, 0.3) is 0 Å². The van der Waals surface area contributed by atoms with Crippen molar-refractivity contribution in [3.8, 4) is 0 Å². The van der Waals surface area contributed by atoms with Crippen LogP contribution in [0.15, 0.2) is 0 Å². The van der Waals surface area contributed by atoms with E-state index in [0.717, 1.165) is 63.7 Å². The van der Waals surface area contributed by atoms with Gasteiger partial charge in [0.15, 0.2) is 0 Å². The van der Waals surface area contributed by atoms with E-state index in [1.165, 1.54) is 19.3 Å². The van der Waals surface area contributed by atoms with E-state index < -0.39 is 0 Å². The summed E-state index contributed by atoms with van der Waals surface area (Å²) in [5.74, 6) is 1.78. The van der Waals surface area contributed by atoms with E-state index in [-0.39, 0.29) is 18.3 Å². The van der Waals surface area contributed by atoms with Gasteiger partial charge in [0.2, 0.25) is 5.91 Å². The number of fused-ring (bicyclic) bond motifs is 1. The van der Waals surface area contributed by atoms with Crippen LogP contribution in [-0.4, -0.2) is 49.7 Å². The van der Waals surface area contributed by atoms with Crippen LogP contribution in [0.5, 0.6) is 0 Å². The summed E-state index contributed by atoms with van der Waals surface area (Å²) < 4.78 is 5.83. The predicted molar refractivity (Wildman–Crippen MR) is 85.7 cm³/mol. The molecule has 1 saturated carbocycles. The summed E-state index contributed by atoms with van der Waals surface area (Å²) in [5, 5.41) is 3.48. The first-order valence-corrected chi connectivity index (χ1v) is 8.43. The smallest absolute Gasteiger partial charge is 0.248 e. The molecule has 0 aromatic rings. The van der Waals surface area contributed by atoms with Gasteiger partial charge >= 0.3 is 0 Å². The Morgan fingerprint density at radius 2 is 1.62 bits per heavy atom. The molecule has 3 aliphatic rings. The molecular weight excluding hydrogens is 288 g/mol. The van der Waals surface area contributed by atoms with Crippen LogP contribution in [0.1, 0.15) is 44.9 Å². The predicted octanol–water partition coefficient (Wildman–Crippen LogP) is 2.22. The fraction of sp³-hybridized carbons (Fsp3) is 0.938. The van der Waals surface area contributed by atoms with E-state index in [0.29, 0.717) is 12.7 Å². The summed E-state index contributed by atoms with van der Waals surface area (Å²) in [5.41, 5.74) is 0. The molecule has 0 unspecified atom stereocenters. The number of rotatable bonds is 3. The lowest BCUT2D eigenvalue weighted by atomic mass is 9.92. The van der Waals surface area contributed by atoms with Crippen molar-refractivity contribution in [3.63, 3.8) is 0 Å². The van der Waals surface area contributed by atoms with Gasteiger partial charge in [0, 0.05) is 13.1 Å². The molecule has 21 heavy (non-hydrogen) atoms. The molecule has 1 aliphatic carbocycles. The first-order chi connectivity index (χ1) is 9.83. The number of carbonyl (C=O) groups excluding carboxylic acids is 1. The number of amides is 1. The Hall–Kier alpha value is -0.320. The minimum absolute atomic E-state index is 0. The Balaban J connectivity index is 0.00000161. The summed E-state index contributed by atoms with van der Waals surface area (Å²) in [6.07, 6.45) is 8.80. The molecule has 2 heterocycles. The Morgan fingerprint density at radius 1 is 1.00 bits per heavy atom. The highest BCUT2D eigenvalue weighted by Gasteiger charge is 2.31. The zero-order chi connectivity index (χ0) is 13.8. The van der Waals surface area contributed by atoms with E-state index in [9.17, 15) is 4.79 Å². The average molecular weight is 317 g/mol. The van der Waals surface area contributed by atoms with Crippen molar-refractivity contribution < 1.29 is 9.53 Å². The maximum atomic E-state index is 12.3. The normalized spacial score (nSPS) is 30.4. The van der Waals surface area contributed by atoms with Gasteiger partial charge in [0.05, 0.1) is 6.10 Å². The minimum atomic E-state index is 0. The lowest BCUT2D eigenvalue weighted by Crippen LogP contribution is -2.36. The van der Waals surface area contributed by atoms with Crippen LogP contribution in [-0.2, 0) is 9.53 Å². The lowest BCUT2D eigenvalue weighted by molar-refractivity contribution is -0.138. The molecule has 3 fully saturated rings. The van der Waals surface area contributed by atoms with Crippen molar-refractivity contribution >= 4 is 18.3 Å². The van der Waals surface area contributed by atoms with Gasteiger partial charge in [-0.25, -0.2) is 0 Å². The number of hydrogen-bond acceptors (Lipinski definition) is 3. The zero-order valence-electron chi connectivity index (χ0n) is 12.9. The molecule has 0 aromatic carbocycles. The number of nitrogens with one attached hydrogen (secondary N) is 1. The quantitative estimate of drug-likeness (QED) is 0.868. The molecular formula is C16H29ClN2O2. The largest absolute Gasteiger partial charge is 0.368 e. The van der Waals surface area contributed by atoms with Gasteiger partial charge in [-0.1, -0.05) is 19.3 Å². The Bertz CT molecular complexity index is 320. The van der Waals surface area contributed by atoms with Crippen molar-refractivity contribution in [2.24, 2.45) is 11.8 Å². The number of hydrogen-bond donors (Lipinski definition) is 1. The molecule has 4 nitrogen and oxygen atoms in total. The van der Waals surface area contributed by atoms with E-state index in [2.05, 4.69) is 5.32 Å². The van der Waals surface area contributed by atoms with E-state index in [1.54, 1.807) is 0 Å². The summed E-state index contributed by atoms with van der Waals surface area (Å²) >= 11 is 0. The van der Waals surface area contributed by atoms with Crippen molar-refractivity contribution in [1.82, 2.24) is 10.2 Å². The van der Waals surface area contributed by atoms with Crippen LogP contribution >= 0.6 is 12.4 Å². The second-order valence-corrected chi connectivity index (χ2v) is 6.71. The highest BCUT2D eigenvalue weighted by atomic mass is 35.5. The Morgan fingerprint density at radius 3 is 2.24 bits per heavy atom. The molecule has 2 saturated heterocycles.